The first-order chi connectivity index (χ1) is 30.4. The van der Waals surface area contributed by atoms with Crippen molar-refractivity contribution < 1.29 is 85.9 Å². The minimum absolute atomic E-state index is 0.00227. The molecule has 0 unspecified atom stereocenters. The molecule has 64 heavy (non-hydrogen) atoms. The number of carbonyl (C=O) groups is 2. The minimum Gasteiger partial charge on any atom is -0.422 e. The molecule has 21 heteroatoms. The average Bonchev–Trinajstić information content (AvgIpc) is 3.25. The van der Waals surface area contributed by atoms with Crippen molar-refractivity contribution in [3.05, 3.63) is 106 Å². The van der Waals surface area contributed by atoms with E-state index in [1.807, 2.05) is 4.57 Å². The van der Waals surface area contributed by atoms with E-state index in [0.717, 1.165) is 0 Å². The fourth-order valence-electron chi connectivity index (χ4n) is 6.65. The van der Waals surface area contributed by atoms with Crippen LogP contribution in [0.25, 0.3) is 21.8 Å². The second-order valence-electron chi connectivity index (χ2n) is 14.2. The van der Waals surface area contributed by atoms with Crippen LogP contribution >= 0.6 is 0 Å². The summed E-state index contributed by atoms with van der Waals surface area (Å²) in [6, 6.07) is 17.2. The van der Waals surface area contributed by atoms with Gasteiger partial charge in [0.1, 0.15) is 5.75 Å². The SMILES string of the molecule is Cc1ccc(S(=O)(=O)CCCOCCOCCOCCOCCC(=O)Oc2c(F)c(F)c(F)c(F)c2F)c(C)c1OC(=O)c1c2ccccc2[n+](CCCS(=O)(=O)O)c2ccccc12. The molecule has 0 saturated carbocycles. The van der Waals surface area contributed by atoms with E-state index in [0.29, 0.717) is 27.4 Å². The predicted molar refractivity (Wildman–Crippen MR) is 220 cm³/mol. The van der Waals surface area contributed by atoms with E-state index in [1.54, 1.807) is 68.4 Å². The first-order valence-corrected chi connectivity index (χ1v) is 23.1. The van der Waals surface area contributed by atoms with Gasteiger partial charge in [-0.2, -0.15) is 21.8 Å². The van der Waals surface area contributed by atoms with Gasteiger partial charge in [-0.05, 0) is 44.0 Å². The van der Waals surface area contributed by atoms with Crippen LogP contribution in [0.4, 0.5) is 22.0 Å². The highest BCUT2D eigenvalue weighted by molar-refractivity contribution is 7.91. The molecule has 0 atom stereocenters. The third kappa shape index (κ3) is 12.8. The third-order valence-corrected chi connectivity index (χ3v) is 12.4. The van der Waals surface area contributed by atoms with Crippen LogP contribution < -0.4 is 14.0 Å². The lowest BCUT2D eigenvalue weighted by molar-refractivity contribution is -0.645. The molecule has 0 radical (unpaired) electrons. The summed E-state index contributed by atoms with van der Waals surface area (Å²) in [6.07, 6.45) is -0.259. The largest absolute Gasteiger partial charge is 0.422 e. The third-order valence-electron chi connectivity index (χ3n) is 9.65. The lowest BCUT2D eigenvalue weighted by atomic mass is 10.0. The van der Waals surface area contributed by atoms with Crippen molar-refractivity contribution >= 4 is 53.7 Å². The second-order valence-corrected chi connectivity index (χ2v) is 17.8. The molecule has 346 valence electrons. The number of para-hydroxylation sites is 2. The zero-order chi connectivity index (χ0) is 46.6. The van der Waals surface area contributed by atoms with Gasteiger partial charge in [-0.1, -0.05) is 30.3 Å². The van der Waals surface area contributed by atoms with Gasteiger partial charge in [-0.25, -0.2) is 26.4 Å². The fourth-order valence-corrected chi connectivity index (χ4v) is 8.69. The number of ether oxygens (including phenoxy) is 6. The molecule has 4 aromatic carbocycles. The van der Waals surface area contributed by atoms with Crippen molar-refractivity contribution in [3.8, 4) is 11.5 Å². The first kappa shape index (κ1) is 49.8. The van der Waals surface area contributed by atoms with Crippen LogP contribution in [0, 0.1) is 42.9 Å². The van der Waals surface area contributed by atoms with Crippen molar-refractivity contribution in [2.45, 2.75) is 44.6 Å². The van der Waals surface area contributed by atoms with Crippen LogP contribution in [0.5, 0.6) is 11.5 Å². The van der Waals surface area contributed by atoms with Crippen LogP contribution in [0.1, 0.15) is 40.7 Å². The molecule has 1 heterocycles. The second kappa shape index (κ2) is 22.6. The van der Waals surface area contributed by atoms with Gasteiger partial charge in [0.05, 0.1) is 85.4 Å². The Morgan fingerprint density at radius 2 is 1.09 bits per heavy atom. The number of fused-ring (bicyclic) bond motifs is 2. The molecular weight excluding hydrogens is 898 g/mol. The number of hydrogen-bond acceptors (Lipinski definition) is 12. The number of aromatic nitrogens is 1. The number of benzene rings is 4. The number of pyridine rings is 1. The quantitative estimate of drug-likeness (QED) is 0.00837. The van der Waals surface area contributed by atoms with Crippen LogP contribution in [0.15, 0.2) is 65.6 Å². The molecule has 0 bridgehead atoms. The monoisotopic (exact) mass is 942 g/mol. The molecule has 1 aromatic heterocycles. The number of rotatable bonds is 24. The van der Waals surface area contributed by atoms with Gasteiger partial charge in [0.15, 0.2) is 16.4 Å². The van der Waals surface area contributed by atoms with Crippen LogP contribution in [0.3, 0.4) is 0 Å². The molecule has 0 amide bonds. The molecular formula is C43H45F5NO13S2+. The summed E-state index contributed by atoms with van der Waals surface area (Å²) in [4.78, 5) is 25.9. The van der Waals surface area contributed by atoms with Crippen molar-refractivity contribution in [2.24, 2.45) is 0 Å². The lowest BCUT2D eigenvalue weighted by Gasteiger charge is -2.16. The Balaban J connectivity index is 1.03. The van der Waals surface area contributed by atoms with Crippen LogP contribution in [-0.2, 0) is 50.2 Å². The molecule has 0 fully saturated rings. The Morgan fingerprint density at radius 1 is 0.594 bits per heavy atom. The maximum Gasteiger partial charge on any atom is 0.345 e. The van der Waals surface area contributed by atoms with E-state index >= 15 is 0 Å². The number of sulfone groups is 1. The summed E-state index contributed by atoms with van der Waals surface area (Å²) in [6.45, 7) is 4.12. The van der Waals surface area contributed by atoms with Gasteiger partial charge in [0.25, 0.3) is 10.1 Å². The summed E-state index contributed by atoms with van der Waals surface area (Å²) in [5.41, 5.74) is 2.30. The highest BCUT2D eigenvalue weighted by Crippen LogP contribution is 2.33. The number of esters is 2. The zero-order valence-electron chi connectivity index (χ0n) is 34.7. The maximum atomic E-state index is 14.1. The number of aryl methyl sites for hydroxylation is 2. The van der Waals surface area contributed by atoms with E-state index < -0.39 is 78.9 Å². The lowest BCUT2D eigenvalue weighted by Crippen LogP contribution is -2.37. The normalized spacial score (nSPS) is 12.0. The maximum absolute atomic E-state index is 14.1. The standard InChI is InChI=1S/C43H44F5NO13S2/c1-27-13-14-33(28(2)41(27)62-43(51)35-29-9-3-5-11-31(29)49(16-7-26-64(54,55)56)32-12-6-4-10-30(32)35)63(52,53)25-8-17-57-19-21-59-23-24-60-22-20-58-18-15-34(50)61-42-39(47)37(45)36(44)38(46)40(42)48/h3-6,9-14H,7-8,15-26H2,1-2H3/p+1. The van der Waals surface area contributed by atoms with Crippen molar-refractivity contribution in [1.29, 1.82) is 0 Å². The Morgan fingerprint density at radius 3 is 1.64 bits per heavy atom. The van der Waals surface area contributed by atoms with Crippen molar-refractivity contribution in [2.75, 3.05) is 64.4 Å². The smallest absolute Gasteiger partial charge is 0.345 e. The zero-order valence-corrected chi connectivity index (χ0v) is 36.3. The van der Waals surface area contributed by atoms with E-state index in [4.69, 9.17) is 23.7 Å². The minimum atomic E-state index is -4.19. The summed E-state index contributed by atoms with van der Waals surface area (Å²) < 4.78 is 160. The van der Waals surface area contributed by atoms with E-state index in [9.17, 15) is 52.9 Å². The molecule has 0 saturated heterocycles. The molecule has 1 N–H and O–H groups in total. The Hall–Kier alpha value is -5.16. The van der Waals surface area contributed by atoms with E-state index in [-0.39, 0.29) is 99.8 Å². The molecule has 5 rings (SSSR count). The molecule has 0 aliphatic rings. The van der Waals surface area contributed by atoms with Gasteiger partial charge in [-0.15, -0.1) is 0 Å². The van der Waals surface area contributed by atoms with Crippen molar-refractivity contribution in [1.82, 2.24) is 0 Å². The van der Waals surface area contributed by atoms with Gasteiger partial charge in [0.2, 0.25) is 45.9 Å². The molecule has 0 spiro atoms. The van der Waals surface area contributed by atoms with E-state index in [1.165, 1.54) is 6.07 Å². The highest BCUT2D eigenvalue weighted by Gasteiger charge is 2.30. The summed E-state index contributed by atoms with van der Waals surface area (Å²) in [7, 11) is -8.03. The molecule has 0 aliphatic heterocycles. The van der Waals surface area contributed by atoms with Gasteiger partial charge < -0.3 is 28.4 Å². The number of halogens is 5. The molecule has 5 aromatic rings. The highest BCUT2D eigenvalue weighted by atomic mass is 32.2. The molecule has 0 aliphatic carbocycles. The topological polar surface area (TPSA) is 182 Å². The predicted octanol–water partition coefficient (Wildman–Crippen LogP) is 6.32. The average molecular weight is 943 g/mol. The Kier molecular flexibility index (Phi) is 17.6. The van der Waals surface area contributed by atoms with Gasteiger partial charge >= 0.3 is 11.9 Å². The van der Waals surface area contributed by atoms with Crippen LogP contribution in [-0.4, -0.2) is 97.7 Å². The molecule has 14 nitrogen and oxygen atoms in total. The van der Waals surface area contributed by atoms with Crippen LogP contribution in [0.2, 0.25) is 0 Å². The van der Waals surface area contributed by atoms with E-state index in [2.05, 4.69) is 4.74 Å². The Labute approximate surface area is 365 Å². The number of carbonyl (C=O) groups excluding carboxylic acids is 2. The Bertz CT molecular complexity index is 2630. The van der Waals surface area contributed by atoms with Gasteiger partial charge in [-0.3, -0.25) is 9.35 Å². The fraction of sp³-hybridized carbons (Fsp3) is 0.372. The number of nitrogens with zero attached hydrogens (tertiary/aromatic N) is 1. The summed E-state index contributed by atoms with van der Waals surface area (Å²) >= 11 is 0. The summed E-state index contributed by atoms with van der Waals surface area (Å²) in [5, 5.41) is 1.07. The number of hydrogen-bond donors (Lipinski definition) is 1. The van der Waals surface area contributed by atoms with Gasteiger partial charge in [0, 0.05) is 30.7 Å². The summed E-state index contributed by atoms with van der Waals surface area (Å²) in [5.74, 6) is -15.7. The van der Waals surface area contributed by atoms with Crippen molar-refractivity contribution in [3.63, 3.8) is 0 Å². The first-order valence-electron chi connectivity index (χ1n) is 19.8.